The minimum Gasteiger partial charge on any atom is -0.457 e. The first-order valence-electron chi connectivity index (χ1n) is 11.8. The average Bonchev–Trinajstić information content (AvgIpc) is 3.33. The van der Waals surface area contributed by atoms with Crippen LogP contribution in [0.1, 0.15) is 0 Å². The first kappa shape index (κ1) is 20.4. The van der Waals surface area contributed by atoms with E-state index in [2.05, 4.69) is 29.2 Å². The summed E-state index contributed by atoms with van der Waals surface area (Å²) in [7, 11) is 0. The van der Waals surface area contributed by atoms with Gasteiger partial charge in [-0.1, -0.05) is 60.7 Å². The summed E-state index contributed by atoms with van der Waals surface area (Å²) in [4.78, 5) is 9.14. The van der Waals surface area contributed by atoms with Gasteiger partial charge in [0.05, 0.1) is 5.69 Å². The molecule has 0 fully saturated rings. The van der Waals surface area contributed by atoms with E-state index in [-0.39, 0.29) is 0 Å². The molecule has 3 aromatic heterocycles. The Labute approximate surface area is 207 Å². The van der Waals surface area contributed by atoms with Gasteiger partial charge in [-0.15, -0.1) is 0 Å². The molecule has 4 heteroatoms. The van der Waals surface area contributed by atoms with Crippen molar-refractivity contribution in [3.8, 4) is 34.0 Å². The van der Waals surface area contributed by atoms with Crippen LogP contribution in [-0.2, 0) is 0 Å². The van der Waals surface area contributed by atoms with Crippen LogP contribution in [0.2, 0.25) is 0 Å². The van der Waals surface area contributed by atoms with Crippen LogP contribution in [0.3, 0.4) is 0 Å². The van der Waals surface area contributed by atoms with Gasteiger partial charge in [0.25, 0.3) is 0 Å². The quantitative estimate of drug-likeness (QED) is 0.261. The molecule has 0 atom stereocenters. The molecular formula is C32H20N2O2. The smallest absolute Gasteiger partial charge is 0.161 e. The van der Waals surface area contributed by atoms with Gasteiger partial charge in [-0.3, -0.25) is 9.97 Å². The maximum Gasteiger partial charge on any atom is 0.161 e. The van der Waals surface area contributed by atoms with E-state index < -0.39 is 0 Å². The average molecular weight is 465 g/mol. The molecule has 0 saturated heterocycles. The van der Waals surface area contributed by atoms with Crippen molar-refractivity contribution < 1.29 is 9.15 Å². The number of rotatable bonds is 4. The maximum atomic E-state index is 6.46. The predicted molar refractivity (Wildman–Crippen MR) is 144 cm³/mol. The van der Waals surface area contributed by atoms with E-state index in [4.69, 9.17) is 14.1 Å². The number of furan rings is 1. The van der Waals surface area contributed by atoms with Gasteiger partial charge in [-0.05, 0) is 53.9 Å². The second-order valence-corrected chi connectivity index (χ2v) is 8.67. The zero-order valence-corrected chi connectivity index (χ0v) is 19.3. The van der Waals surface area contributed by atoms with Crippen LogP contribution >= 0.6 is 0 Å². The van der Waals surface area contributed by atoms with Crippen molar-refractivity contribution in [3.05, 3.63) is 122 Å². The van der Waals surface area contributed by atoms with Crippen LogP contribution in [0.15, 0.2) is 126 Å². The lowest BCUT2D eigenvalue weighted by molar-refractivity contribution is 0.483. The van der Waals surface area contributed by atoms with E-state index in [0.29, 0.717) is 0 Å². The van der Waals surface area contributed by atoms with E-state index in [0.717, 1.165) is 66.7 Å². The number of fused-ring (bicyclic) bond motifs is 5. The number of aromatic nitrogens is 2. The third-order valence-electron chi connectivity index (χ3n) is 6.42. The molecule has 7 aromatic rings. The highest BCUT2D eigenvalue weighted by atomic mass is 16.5. The van der Waals surface area contributed by atoms with Gasteiger partial charge in [0.2, 0.25) is 0 Å². The second kappa shape index (κ2) is 8.36. The van der Waals surface area contributed by atoms with Gasteiger partial charge in [-0.2, -0.15) is 0 Å². The monoisotopic (exact) mass is 464 g/mol. The lowest BCUT2D eigenvalue weighted by Gasteiger charge is -2.09. The fourth-order valence-corrected chi connectivity index (χ4v) is 4.73. The Hall–Kier alpha value is -4.96. The first-order valence-corrected chi connectivity index (χ1v) is 11.8. The highest BCUT2D eigenvalue weighted by Crippen LogP contribution is 2.38. The molecule has 36 heavy (non-hydrogen) atoms. The number of ether oxygens (including phenoxy) is 1. The van der Waals surface area contributed by atoms with E-state index in [1.165, 1.54) is 0 Å². The third-order valence-corrected chi connectivity index (χ3v) is 6.42. The third kappa shape index (κ3) is 3.48. The normalized spacial score (nSPS) is 11.3. The summed E-state index contributed by atoms with van der Waals surface area (Å²) < 4.78 is 12.7. The molecule has 0 spiro atoms. The van der Waals surface area contributed by atoms with Crippen molar-refractivity contribution in [2.75, 3.05) is 0 Å². The van der Waals surface area contributed by atoms with Crippen LogP contribution in [0.5, 0.6) is 11.5 Å². The van der Waals surface area contributed by atoms with Gasteiger partial charge in [0.1, 0.15) is 22.8 Å². The molecule has 0 saturated carbocycles. The molecule has 0 bridgehead atoms. The number of nitrogens with zero attached hydrogens (tertiary/aromatic N) is 2. The number of hydrogen-bond donors (Lipinski definition) is 0. The first-order chi connectivity index (χ1) is 17.8. The lowest BCUT2D eigenvalue weighted by Crippen LogP contribution is -1.88. The fourth-order valence-electron chi connectivity index (χ4n) is 4.73. The van der Waals surface area contributed by atoms with Crippen molar-refractivity contribution >= 4 is 32.7 Å². The fraction of sp³-hybridized carbons (Fsp3) is 0. The molecule has 170 valence electrons. The Morgan fingerprint density at radius 3 is 2.17 bits per heavy atom. The molecule has 0 unspecified atom stereocenters. The van der Waals surface area contributed by atoms with E-state index in [9.17, 15) is 0 Å². The molecular weight excluding hydrogens is 444 g/mol. The van der Waals surface area contributed by atoms with Crippen LogP contribution in [0.4, 0.5) is 0 Å². The lowest BCUT2D eigenvalue weighted by atomic mass is 10.0. The molecule has 3 heterocycles. The minimum absolute atomic E-state index is 0.728. The highest BCUT2D eigenvalue weighted by Gasteiger charge is 2.15. The topological polar surface area (TPSA) is 48.2 Å². The SMILES string of the molecule is c1ccc(-c2cccc(Oc3cccc(-c4nccc5c4oc4c6ccccc6ccc54)c3)c2)nc1. The minimum atomic E-state index is 0.728. The van der Waals surface area contributed by atoms with Crippen molar-refractivity contribution in [1.29, 1.82) is 0 Å². The highest BCUT2D eigenvalue weighted by molar-refractivity contribution is 6.16. The Bertz CT molecular complexity index is 1870. The van der Waals surface area contributed by atoms with Crippen molar-refractivity contribution in [2.45, 2.75) is 0 Å². The Morgan fingerprint density at radius 2 is 1.31 bits per heavy atom. The standard InChI is InChI=1S/C32H20N2O2/c1-2-12-26-21(7-1)14-15-27-28-16-18-34-30(32(28)36-31(26)27)23-9-6-11-25(20-23)35-24-10-5-8-22(19-24)29-13-3-4-17-33-29/h1-20H. The number of pyridine rings is 2. The Morgan fingerprint density at radius 1 is 0.528 bits per heavy atom. The molecule has 4 nitrogen and oxygen atoms in total. The van der Waals surface area contributed by atoms with Gasteiger partial charge < -0.3 is 9.15 Å². The zero-order valence-electron chi connectivity index (χ0n) is 19.3. The maximum absolute atomic E-state index is 6.46. The van der Waals surface area contributed by atoms with Gasteiger partial charge in [0.15, 0.2) is 5.58 Å². The summed E-state index contributed by atoms with van der Waals surface area (Å²) in [5.74, 6) is 1.47. The van der Waals surface area contributed by atoms with Crippen LogP contribution in [0, 0.1) is 0 Å². The summed E-state index contributed by atoms with van der Waals surface area (Å²) in [5, 5.41) is 4.39. The number of benzene rings is 4. The Balaban J connectivity index is 1.29. The zero-order chi connectivity index (χ0) is 23.9. The molecule has 0 aliphatic heterocycles. The van der Waals surface area contributed by atoms with Crippen molar-refractivity contribution in [1.82, 2.24) is 9.97 Å². The van der Waals surface area contributed by atoms with Crippen molar-refractivity contribution in [3.63, 3.8) is 0 Å². The molecule has 0 amide bonds. The predicted octanol–water partition coefficient (Wildman–Crippen LogP) is 8.66. The van der Waals surface area contributed by atoms with Crippen LogP contribution in [-0.4, -0.2) is 9.97 Å². The summed E-state index contributed by atoms with van der Waals surface area (Å²) >= 11 is 0. The van der Waals surface area contributed by atoms with Crippen molar-refractivity contribution in [2.24, 2.45) is 0 Å². The van der Waals surface area contributed by atoms with Gasteiger partial charge in [-0.25, -0.2) is 0 Å². The van der Waals surface area contributed by atoms with E-state index in [1.54, 1.807) is 6.20 Å². The second-order valence-electron chi connectivity index (χ2n) is 8.67. The molecule has 4 aromatic carbocycles. The summed E-state index contributed by atoms with van der Waals surface area (Å²) in [6.07, 6.45) is 3.63. The molecule has 7 rings (SSSR count). The molecule has 0 aliphatic carbocycles. The molecule has 0 radical (unpaired) electrons. The number of hydrogen-bond acceptors (Lipinski definition) is 4. The van der Waals surface area contributed by atoms with Gasteiger partial charge >= 0.3 is 0 Å². The van der Waals surface area contributed by atoms with E-state index >= 15 is 0 Å². The van der Waals surface area contributed by atoms with Crippen LogP contribution < -0.4 is 4.74 Å². The van der Waals surface area contributed by atoms with E-state index in [1.807, 2.05) is 91.1 Å². The summed E-state index contributed by atoms with van der Waals surface area (Å²) in [6, 6.07) is 36.4. The van der Waals surface area contributed by atoms with Gasteiger partial charge in [0, 0.05) is 39.7 Å². The van der Waals surface area contributed by atoms with Crippen LogP contribution in [0.25, 0.3) is 55.2 Å². The molecule has 0 N–H and O–H groups in total. The summed E-state index contributed by atoms with van der Waals surface area (Å²) in [5.41, 5.74) is 5.30. The largest absolute Gasteiger partial charge is 0.457 e. The molecule has 0 aliphatic rings. The Kier molecular flexibility index (Phi) is 4.74. The summed E-state index contributed by atoms with van der Waals surface area (Å²) in [6.45, 7) is 0.